The molecule has 0 spiro atoms. The summed E-state index contributed by atoms with van der Waals surface area (Å²) in [6, 6.07) is 13.1. The van der Waals surface area contributed by atoms with Crippen molar-refractivity contribution in [3.8, 4) is 0 Å². The van der Waals surface area contributed by atoms with Crippen LogP contribution in [-0.2, 0) is 14.8 Å². The SMILES string of the molecule is COC(=O)c1ccc(C)c(S(=O)(=O)N(C)CCC(=O)c2ccccc2)c1. The van der Waals surface area contributed by atoms with Crippen molar-refractivity contribution in [1.82, 2.24) is 4.31 Å². The molecule has 0 fully saturated rings. The Bertz CT molecular complexity index is 907. The van der Waals surface area contributed by atoms with Gasteiger partial charge in [-0.2, -0.15) is 0 Å². The fraction of sp³-hybridized carbons (Fsp3) is 0.263. The zero-order chi connectivity index (χ0) is 19.3. The molecule has 0 aliphatic heterocycles. The minimum atomic E-state index is -3.84. The quantitative estimate of drug-likeness (QED) is 0.549. The number of hydrogen-bond donors (Lipinski definition) is 0. The number of carbonyl (C=O) groups excluding carboxylic acids is 2. The highest BCUT2D eigenvalue weighted by molar-refractivity contribution is 7.89. The predicted octanol–water partition coefficient (Wildman–Crippen LogP) is 2.68. The average Bonchev–Trinajstić information content (AvgIpc) is 2.65. The Morgan fingerprint density at radius 2 is 1.69 bits per heavy atom. The highest BCUT2D eigenvalue weighted by atomic mass is 32.2. The summed E-state index contributed by atoms with van der Waals surface area (Å²) in [5, 5.41) is 0. The smallest absolute Gasteiger partial charge is 0.337 e. The second-order valence-corrected chi connectivity index (χ2v) is 7.85. The third-order valence-electron chi connectivity index (χ3n) is 4.05. The zero-order valence-corrected chi connectivity index (χ0v) is 15.7. The number of carbonyl (C=O) groups is 2. The van der Waals surface area contributed by atoms with Gasteiger partial charge in [-0.1, -0.05) is 36.4 Å². The van der Waals surface area contributed by atoms with Crippen LogP contribution in [0.4, 0.5) is 0 Å². The van der Waals surface area contributed by atoms with Crippen LogP contribution in [0.1, 0.15) is 32.7 Å². The van der Waals surface area contributed by atoms with E-state index in [0.717, 1.165) is 4.31 Å². The van der Waals surface area contributed by atoms with Gasteiger partial charge < -0.3 is 4.74 Å². The van der Waals surface area contributed by atoms with Gasteiger partial charge in [0.15, 0.2) is 5.78 Å². The van der Waals surface area contributed by atoms with Crippen molar-refractivity contribution >= 4 is 21.8 Å². The molecule has 2 aromatic carbocycles. The molecule has 0 N–H and O–H groups in total. The normalized spacial score (nSPS) is 11.4. The molecule has 0 aliphatic carbocycles. The number of esters is 1. The Hall–Kier alpha value is -2.51. The van der Waals surface area contributed by atoms with Gasteiger partial charge in [0.1, 0.15) is 0 Å². The summed E-state index contributed by atoms with van der Waals surface area (Å²) in [7, 11) is -1.19. The van der Waals surface area contributed by atoms with Gasteiger partial charge in [0.2, 0.25) is 10.0 Å². The molecule has 0 aromatic heterocycles. The lowest BCUT2D eigenvalue weighted by atomic mass is 10.1. The molecule has 0 saturated carbocycles. The largest absolute Gasteiger partial charge is 0.465 e. The van der Waals surface area contributed by atoms with E-state index < -0.39 is 16.0 Å². The molecule has 2 rings (SSSR count). The van der Waals surface area contributed by atoms with Crippen molar-refractivity contribution in [3.05, 3.63) is 65.2 Å². The van der Waals surface area contributed by atoms with E-state index in [1.54, 1.807) is 37.3 Å². The number of methoxy groups -OCH3 is 1. The van der Waals surface area contributed by atoms with Crippen LogP contribution in [0.2, 0.25) is 0 Å². The van der Waals surface area contributed by atoms with E-state index in [9.17, 15) is 18.0 Å². The second-order valence-electron chi connectivity index (χ2n) is 5.84. The number of benzene rings is 2. The van der Waals surface area contributed by atoms with Gasteiger partial charge in [-0.3, -0.25) is 4.79 Å². The molecular weight excluding hydrogens is 354 g/mol. The fourth-order valence-electron chi connectivity index (χ4n) is 2.44. The number of hydrogen-bond acceptors (Lipinski definition) is 5. The van der Waals surface area contributed by atoms with Crippen molar-refractivity contribution < 1.29 is 22.7 Å². The monoisotopic (exact) mass is 375 g/mol. The summed E-state index contributed by atoms with van der Waals surface area (Å²) in [5.41, 5.74) is 1.21. The molecule has 0 amide bonds. The van der Waals surface area contributed by atoms with Gasteiger partial charge >= 0.3 is 5.97 Å². The first-order valence-corrected chi connectivity index (χ1v) is 9.45. The standard InChI is InChI=1S/C19H21NO5S/c1-14-9-10-16(19(22)25-3)13-18(14)26(23,24)20(2)12-11-17(21)15-7-5-4-6-8-15/h4-10,13H,11-12H2,1-3H3. The van der Waals surface area contributed by atoms with Gasteiger partial charge in [-0.15, -0.1) is 0 Å². The van der Waals surface area contributed by atoms with Crippen molar-refractivity contribution in [2.75, 3.05) is 20.7 Å². The highest BCUT2D eigenvalue weighted by Gasteiger charge is 2.24. The first-order valence-electron chi connectivity index (χ1n) is 8.01. The molecule has 6 nitrogen and oxygen atoms in total. The lowest BCUT2D eigenvalue weighted by Gasteiger charge is -2.18. The molecule has 0 aliphatic rings. The van der Waals surface area contributed by atoms with Crippen LogP contribution in [0.25, 0.3) is 0 Å². The van der Waals surface area contributed by atoms with Crippen molar-refractivity contribution in [3.63, 3.8) is 0 Å². The Kier molecular flexibility index (Phi) is 6.28. The van der Waals surface area contributed by atoms with Crippen LogP contribution >= 0.6 is 0 Å². The third kappa shape index (κ3) is 4.36. The minimum absolute atomic E-state index is 0.0232. The van der Waals surface area contributed by atoms with Crippen LogP contribution in [0.3, 0.4) is 0 Å². The lowest BCUT2D eigenvalue weighted by molar-refractivity contribution is 0.0600. The molecule has 0 radical (unpaired) electrons. The van der Waals surface area contributed by atoms with Crippen molar-refractivity contribution in [2.24, 2.45) is 0 Å². The summed E-state index contributed by atoms with van der Waals surface area (Å²) in [4.78, 5) is 23.9. The molecule has 0 unspecified atom stereocenters. The number of sulfonamides is 1. The summed E-state index contributed by atoms with van der Waals surface area (Å²) in [6.45, 7) is 1.69. The zero-order valence-electron chi connectivity index (χ0n) is 14.9. The van der Waals surface area contributed by atoms with E-state index in [4.69, 9.17) is 0 Å². The summed E-state index contributed by atoms with van der Waals surface area (Å²) in [5.74, 6) is -0.740. The van der Waals surface area contributed by atoms with Crippen molar-refractivity contribution in [2.45, 2.75) is 18.2 Å². The number of ether oxygens (including phenoxy) is 1. The first kappa shape index (κ1) is 19.8. The maximum absolute atomic E-state index is 12.8. The topological polar surface area (TPSA) is 80.8 Å². The van der Waals surface area contributed by atoms with Crippen molar-refractivity contribution in [1.29, 1.82) is 0 Å². The van der Waals surface area contributed by atoms with Crippen LogP contribution in [0.5, 0.6) is 0 Å². The fourth-order valence-corrected chi connectivity index (χ4v) is 3.86. The van der Waals surface area contributed by atoms with Crippen LogP contribution in [0, 0.1) is 6.92 Å². The van der Waals surface area contributed by atoms with E-state index in [2.05, 4.69) is 4.74 Å². The molecule has 2 aromatic rings. The average molecular weight is 375 g/mol. The summed E-state index contributed by atoms with van der Waals surface area (Å²) < 4.78 is 31.4. The van der Waals surface area contributed by atoms with Gasteiger partial charge in [-0.05, 0) is 24.6 Å². The Balaban J connectivity index is 2.19. The Labute approximate surface area is 153 Å². The van der Waals surface area contributed by atoms with Crippen LogP contribution < -0.4 is 0 Å². The van der Waals surface area contributed by atoms with E-state index >= 15 is 0 Å². The van der Waals surface area contributed by atoms with Crippen LogP contribution in [-0.4, -0.2) is 45.2 Å². The predicted molar refractivity (Wildman–Crippen MR) is 97.7 cm³/mol. The minimum Gasteiger partial charge on any atom is -0.465 e. The Morgan fingerprint density at radius 3 is 2.31 bits per heavy atom. The number of aryl methyl sites for hydroxylation is 1. The maximum Gasteiger partial charge on any atom is 0.337 e. The molecule has 0 bridgehead atoms. The van der Waals surface area contributed by atoms with Gasteiger partial charge in [-0.25, -0.2) is 17.5 Å². The molecule has 7 heteroatoms. The van der Waals surface area contributed by atoms with Crippen LogP contribution in [0.15, 0.2) is 53.4 Å². The Morgan fingerprint density at radius 1 is 1.04 bits per heavy atom. The van der Waals surface area contributed by atoms with E-state index in [-0.39, 0.29) is 29.2 Å². The first-order chi connectivity index (χ1) is 12.3. The molecule has 138 valence electrons. The van der Waals surface area contributed by atoms with Gasteiger partial charge in [0.05, 0.1) is 17.6 Å². The maximum atomic E-state index is 12.8. The number of nitrogens with zero attached hydrogens (tertiary/aromatic N) is 1. The molecule has 26 heavy (non-hydrogen) atoms. The molecule has 0 heterocycles. The number of rotatable bonds is 7. The van der Waals surface area contributed by atoms with E-state index in [0.29, 0.717) is 11.1 Å². The summed E-state index contributed by atoms with van der Waals surface area (Å²) >= 11 is 0. The summed E-state index contributed by atoms with van der Waals surface area (Å²) in [6.07, 6.45) is 0.0650. The molecule has 0 saturated heterocycles. The second kappa shape index (κ2) is 8.25. The highest BCUT2D eigenvalue weighted by Crippen LogP contribution is 2.21. The number of ketones is 1. The third-order valence-corrected chi connectivity index (χ3v) is 6.05. The van der Waals surface area contributed by atoms with E-state index in [1.165, 1.54) is 26.3 Å². The molecule has 0 atom stereocenters. The van der Waals surface area contributed by atoms with E-state index in [1.807, 2.05) is 6.07 Å². The molecular formula is C19H21NO5S. The van der Waals surface area contributed by atoms with Gasteiger partial charge in [0, 0.05) is 25.6 Å². The number of Topliss-reactive ketones (excluding diaryl/α,β-unsaturated/α-hetero) is 1. The van der Waals surface area contributed by atoms with Gasteiger partial charge in [0.25, 0.3) is 0 Å². The lowest BCUT2D eigenvalue weighted by Crippen LogP contribution is -2.30.